The highest BCUT2D eigenvalue weighted by Gasteiger charge is 2.16. The van der Waals surface area contributed by atoms with E-state index in [1.165, 1.54) is 38.1 Å². The topological polar surface area (TPSA) is 78.9 Å². The van der Waals surface area contributed by atoms with E-state index in [0.717, 1.165) is 11.1 Å². The fraction of sp³-hybridized carbons (Fsp3) is 0.0789. The van der Waals surface area contributed by atoms with E-state index in [0.29, 0.717) is 22.4 Å². The lowest BCUT2D eigenvalue weighted by Gasteiger charge is -2.11. The van der Waals surface area contributed by atoms with Crippen LogP contribution in [0.2, 0.25) is 0 Å². The highest BCUT2D eigenvalue weighted by Crippen LogP contribution is 2.32. The summed E-state index contributed by atoms with van der Waals surface area (Å²) in [5.41, 5.74) is 3.97. The molecule has 0 saturated heterocycles. The molecule has 0 unspecified atom stereocenters. The van der Waals surface area contributed by atoms with Crippen LogP contribution in [0.25, 0.3) is 22.3 Å². The summed E-state index contributed by atoms with van der Waals surface area (Å²) in [6.45, 7) is 15.4. The monoisotopic (exact) mass is 600 g/mol. The van der Waals surface area contributed by atoms with Gasteiger partial charge in [-0.15, -0.1) is 0 Å². The van der Waals surface area contributed by atoms with Gasteiger partial charge >= 0.3 is 17.9 Å². The second-order valence-corrected chi connectivity index (χ2v) is 10.2. The van der Waals surface area contributed by atoms with Crippen molar-refractivity contribution in [3.8, 4) is 51.3 Å². The lowest BCUT2D eigenvalue weighted by atomic mass is 10.0. The van der Waals surface area contributed by atoms with Crippen LogP contribution in [0.4, 0.5) is 4.39 Å². The number of hydrogen-bond acceptors (Lipinski definition) is 6. The van der Waals surface area contributed by atoms with E-state index in [1.54, 1.807) is 31.2 Å². The number of carbonyl (C=O) groups is 3. The number of ether oxygens (including phenoxy) is 3. The van der Waals surface area contributed by atoms with Gasteiger partial charge in [0.1, 0.15) is 23.1 Å². The molecule has 224 valence electrons. The number of halogens is 1. The van der Waals surface area contributed by atoms with Crippen LogP contribution in [0.3, 0.4) is 0 Å². The maximum Gasteiger partial charge on any atom is 0.338 e. The predicted octanol–water partition coefficient (Wildman–Crippen LogP) is 8.00. The first kappa shape index (κ1) is 31.9. The molecular weight excluding hydrogens is 571 g/mol. The van der Waals surface area contributed by atoms with Crippen molar-refractivity contribution in [3.63, 3.8) is 0 Å². The van der Waals surface area contributed by atoms with Crippen LogP contribution in [0.15, 0.2) is 121 Å². The first-order chi connectivity index (χ1) is 21.4. The summed E-state index contributed by atoms with van der Waals surface area (Å²) in [6, 6.07) is 23.2. The minimum atomic E-state index is -0.678. The fourth-order valence-electron chi connectivity index (χ4n) is 3.84. The summed E-state index contributed by atoms with van der Waals surface area (Å²) in [5, 5.41) is 0. The highest BCUT2D eigenvalue weighted by molar-refractivity contribution is 5.90. The van der Waals surface area contributed by atoms with Gasteiger partial charge in [0, 0.05) is 27.8 Å². The SMILES string of the molecule is C=C(C)C(=O)Oc1ccc(-c2ccc(C#Cc3cc(F)c(-c4ccc(OC(=O)C(=C)C)cc4)cc3OC(=O)C(=C)C)cc2)cc1. The third-order valence-electron chi connectivity index (χ3n) is 6.32. The van der Waals surface area contributed by atoms with Gasteiger partial charge in [0.2, 0.25) is 0 Å². The van der Waals surface area contributed by atoms with Gasteiger partial charge in [-0.05, 0) is 86.0 Å². The van der Waals surface area contributed by atoms with Gasteiger partial charge in [0.25, 0.3) is 0 Å². The molecule has 0 heterocycles. The van der Waals surface area contributed by atoms with Crippen LogP contribution in [0, 0.1) is 17.7 Å². The maximum atomic E-state index is 15.4. The van der Waals surface area contributed by atoms with Gasteiger partial charge in [-0.3, -0.25) is 0 Å². The van der Waals surface area contributed by atoms with E-state index in [-0.39, 0.29) is 33.8 Å². The average molecular weight is 601 g/mol. The van der Waals surface area contributed by atoms with Gasteiger partial charge in [-0.25, -0.2) is 18.8 Å². The molecule has 7 heteroatoms. The van der Waals surface area contributed by atoms with Crippen molar-refractivity contribution in [1.82, 2.24) is 0 Å². The van der Waals surface area contributed by atoms with Crippen molar-refractivity contribution in [2.75, 3.05) is 0 Å². The van der Waals surface area contributed by atoms with Gasteiger partial charge in [0.15, 0.2) is 0 Å². The molecule has 0 aliphatic rings. The van der Waals surface area contributed by atoms with Crippen molar-refractivity contribution < 1.29 is 33.0 Å². The van der Waals surface area contributed by atoms with Crippen molar-refractivity contribution in [3.05, 3.63) is 138 Å². The normalized spacial score (nSPS) is 10.1. The minimum Gasteiger partial charge on any atom is -0.423 e. The first-order valence-electron chi connectivity index (χ1n) is 13.7. The molecule has 0 fully saturated rings. The second-order valence-electron chi connectivity index (χ2n) is 10.2. The smallest absolute Gasteiger partial charge is 0.338 e. The lowest BCUT2D eigenvalue weighted by molar-refractivity contribution is -0.130. The molecule has 0 N–H and O–H groups in total. The zero-order chi connectivity index (χ0) is 32.7. The van der Waals surface area contributed by atoms with E-state index in [9.17, 15) is 14.4 Å². The third-order valence-corrected chi connectivity index (χ3v) is 6.32. The molecule has 4 aromatic carbocycles. The van der Waals surface area contributed by atoms with Crippen molar-refractivity contribution >= 4 is 17.9 Å². The van der Waals surface area contributed by atoms with Crippen molar-refractivity contribution in [1.29, 1.82) is 0 Å². The Kier molecular flexibility index (Phi) is 9.92. The molecule has 0 aromatic heterocycles. The van der Waals surface area contributed by atoms with Crippen LogP contribution in [-0.4, -0.2) is 17.9 Å². The average Bonchev–Trinajstić information content (AvgIpc) is 3.01. The quantitative estimate of drug-likeness (QED) is 0.0883. The molecule has 4 rings (SSSR count). The van der Waals surface area contributed by atoms with Crippen LogP contribution < -0.4 is 14.2 Å². The Morgan fingerprint density at radius 1 is 0.578 bits per heavy atom. The molecule has 0 saturated carbocycles. The van der Waals surface area contributed by atoms with Gasteiger partial charge in [0.05, 0.1) is 5.56 Å². The van der Waals surface area contributed by atoms with E-state index in [1.807, 2.05) is 36.4 Å². The van der Waals surface area contributed by atoms with E-state index in [2.05, 4.69) is 31.6 Å². The molecule has 0 radical (unpaired) electrons. The number of carbonyl (C=O) groups excluding carboxylic acids is 3. The van der Waals surface area contributed by atoms with E-state index in [4.69, 9.17) is 14.2 Å². The molecule has 0 spiro atoms. The second kappa shape index (κ2) is 14.0. The molecule has 0 atom stereocenters. The van der Waals surface area contributed by atoms with Crippen molar-refractivity contribution in [2.45, 2.75) is 20.8 Å². The van der Waals surface area contributed by atoms with Crippen LogP contribution in [0.1, 0.15) is 31.9 Å². The zero-order valence-electron chi connectivity index (χ0n) is 25.0. The van der Waals surface area contributed by atoms with Gasteiger partial charge in [-0.1, -0.05) is 68.0 Å². The molecule has 45 heavy (non-hydrogen) atoms. The third kappa shape index (κ3) is 8.31. The summed E-state index contributed by atoms with van der Waals surface area (Å²) in [6.07, 6.45) is 0. The molecule has 0 bridgehead atoms. The summed E-state index contributed by atoms with van der Waals surface area (Å²) in [4.78, 5) is 35.9. The molecule has 0 amide bonds. The fourth-order valence-corrected chi connectivity index (χ4v) is 3.84. The number of hydrogen-bond donors (Lipinski definition) is 0. The van der Waals surface area contributed by atoms with Gasteiger partial charge < -0.3 is 14.2 Å². The largest absolute Gasteiger partial charge is 0.423 e. The summed E-state index contributed by atoms with van der Waals surface area (Å²) >= 11 is 0. The zero-order valence-corrected chi connectivity index (χ0v) is 25.0. The van der Waals surface area contributed by atoms with Gasteiger partial charge in [-0.2, -0.15) is 0 Å². The summed E-state index contributed by atoms with van der Waals surface area (Å²) < 4.78 is 31.3. The Labute approximate surface area is 261 Å². The maximum absolute atomic E-state index is 15.4. The Morgan fingerprint density at radius 3 is 1.47 bits per heavy atom. The number of esters is 3. The molecular formula is C38H29FO6. The Morgan fingerprint density at radius 2 is 1.00 bits per heavy atom. The molecule has 0 aliphatic heterocycles. The Bertz CT molecular complexity index is 1890. The van der Waals surface area contributed by atoms with E-state index >= 15 is 4.39 Å². The highest BCUT2D eigenvalue weighted by atomic mass is 19.1. The van der Waals surface area contributed by atoms with Crippen LogP contribution in [-0.2, 0) is 14.4 Å². The minimum absolute atomic E-state index is 0.0637. The predicted molar refractivity (Wildman–Crippen MR) is 171 cm³/mol. The van der Waals surface area contributed by atoms with E-state index < -0.39 is 23.7 Å². The molecule has 4 aromatic rings. The summed E-state index contributed by atoms with van der Waals surface area (Å²) in [5.74, 6) is 4.33. The molecule has 0 aliphatic carbocycles. The first-order valence-corrected chi connectivity index (χ1v) is 13.7. The lowest BCUT2D eigenvalue weighted by Crippen LogP contribution is -2.09. The summed E-state index contributed by atoms with van der Waals surface area (Å²) in [7, 11) is 0. The Hall–Kier alpha value is -6.00. The Balaban J connectivity index is 1.59. The number of benzene rings is 4. The van der Waals surface area contributed by atoms with Crippen LogP contribution in [0.5, 0.6) is 17.2 Å². The molecule has 6 nitrogen and oxygen atoms in total. The number of rotatable bonds is 8. The van der Waals surface area contributed by atoms with Crippen LogP contribution >= 0.6 is 0 Å². The standard InChI is InChI=1S/C38H29FO6/c1-23(2)36(40)43-31-17-13-28(14-18-31)27-10-7-26(8-11-27)9-12-30-21-34(39)33(22-35(30)45-38(42)25(5)6)29-15-19-32(20-16-29)44-37(41)24(3)4/h7-8,10-11,13-22H,1,3,5H2,2,4,6H3. The van der Waals surface area contributed by atoms with Crippen molar-refractivity contribution in [2.24, 2.45) is 0 Å².